The molecular formula is C13H22N2O. The molecule has 1 saturated carbocycles. The summed E-state index contributed by atoms with van der Waals surface area (Å²) >= 11 is 0. The number of amides is 1. The minimum atomic E-state index is -0.0984. The summed E-state index contributed by atoms with van der Waals surface area (Å²) in [5.74, 6) is 0.135. The molecule has 3 heteroatoms. The zero-order valence-corrected chi connectivity index (χ0v) is 10.1. The number of rotatable bonds is 5. The predicted molar refractivity (Wildman–Crippen MR) is 65.1 cm³/mol. The molecule has 1 amide bonds. The van der Waals surface area contributed by atoms with Gasteiger partial charge in [-0.1, -0.05) is 31.9 Å². The highest BCUT2D eigenvalue weighted by atomic mass is 16.2. The van der Waals surface area contributed by atoms with Gasteiger partial charge in [-0.05, 0) is 24.7 Å². The Morgan fingerprint density at radius 3 is 2.88 bits per heavy atom. The quantitative estimate of drug-likeness (QED) is 0.694. The number of nitrogens with one attached hydrogen (secondary N) is 2. The number of hydrogen-bond acceptors (Lipinski definition) is 2. The van der Waals surface area contributed by atoms with E-state index in [4.69, 9.17) is 0 Å². The zero-order chi connectivity index (χ0) is 11.4. The summed E-state index contributed by atoms with van der Waals surface area (Å²) in [4.78, 5) is 11.8. The monoisotopic (exact) mass is 222 g/mol. The molecule has 0 radical (unpaired) electrons. The summed E-state index contributed by atoms with van der Waals surface area (Å²) in [6, 6.07) is -0.0984. The lowest BCUT2D eigenvalue weighted by molar-refractivity contribution is -0.122. The second-order valence-corrected chi connectivity index (χ2v) is 5.14. The minimum Gasteiger partial charge on any atom is -0.354 e. The van der Waals surface area contributed by atoms with Crippen LogP contribution in [0.2, 0.25) is 0 Å². The number of carbonyl (C=O) groups excluding carboxylic acids is 1. The van der Waals surface area contributed by atoms with Gasteiger partial charge in [-0.15, -0.1) is 0 Å². The molecule has 0 aromatic rings. The van der Waals surface area contributed by atoms with Crippen LogP contribution < -0.4 is 10.6 Å². The van der Waals surface area contributed by atoms with E-state index in [0.29, 0.717) is 5.41 Å². The summed E-state index contributed by atoms with van der Waals surface area (Å²) in [5, 5.41) is 6.24. The molecule has 2 N–H and O–H groups in total. The smallest absolute Gasteiger partial charge is 0.241 e. The maximum Gasteiger partial charge on any atom is 0.241 e. The first-order valence-electron chi connectivity index (χ1n) is 6.43. The van der Waals surface area contributed by atoms with E-state index >= 15 is 0 Å². The van der Waals surface area contributed by atoms with Gasteiger partial charge in [-0.2, -0.15) is 0 Å². The van der Waals surface area contributed by atoms with Crippen LogP contribution in [0.3, 0.4) is 0 Å². The van der Waals surface area contributed by atoms with Crippen molar-refractivity contribution in [1.29, 1.82) is 0 Å². The first-order chi connectivity index (χ1) is 7.76. The SMILES string of the molecule is CCCC1(CNC(=O)C2C=CCN2)CCC1. The molecule has 1 fully saturated rings. The fourth-order valence-electron chi connectivity index (χ4n) is 2.75. The molecule has 1 aliphatic carbocycles. The Balaban J connectivity index is 1.77. The van der Waals surface area contributed by atoms with Crippen LogP contribution in [0.25, 0.3) is 0 Å². The summed E-state index contributed by atoms with van der Waals surface area (Å²) in [6.45, 7) is 3.91. The Morgan fingerprint density at radius 2 is 2.38 bits per heavy atom. The molecule has 1 atom stereocenters. The van der Waals surface area contributed by atoms with Gasteiger partial charge in [0.1, 0.15) is 6.04 Å². The van der Waals surface area contributed by atoms with Crippen LogP contribution in [-0.2, 0) is 4.79 Å². The van der Waals surface area contributed by atoms with E-state index in [2.05, 4.69) is 17.6 Å². The summed E-state index contributed by atoms with van der Waals surface area (Å²) in [6.07, 6.45) is 10.3. The lowest BCUT2D eigenvalue weighted by atomic mass is 9.66. The van der Waals surface area contributed by atoms with Gasteiger partial charge in [-0.3, -0.25) is 10.1 Å². The molecule has 1 heterocycles. The van der Waals surface area contributed by atoms with Crippen molar-refractivity contribution in [2.45, 2.75) is 45.1 Å². The van der Waals surface area contributed by atoms with Crippen LogP contribution in [0.1, 0.15) is 39.0 Å². The third kappa shape index (κ3) is 2.46. The van der Waals surface area contributed by atoms with Gasteiger partial charge in [0, 0.05) is 13.1 Å². The van der Waals surface area contributed by atoms with E-state index in [-0.39, 0.29) is 11.9 Å². The normalized spacial score (nSPS) is 26.4. The van der Waals surface area contributed by atoms with Gasteiger partial charge in [0.25, 0.3) is 0 Å². The number of hydrogen-bond donors (Lipinski definition) is 2. The van der Waals surface area contributed by atoms with Crippen molar-refractivity contribution in [2.24, 2.45) is 5.41 Å². The van der Waals surface area contributed by atoms with Crippen molar-refractivity contribution in [2.75, 3.05) is 13.1 Å². The van der Waals surface area contributed by atoms with E-state index < -0.39 is 0 Å². The second-order valence-electron chi connectivity index (χ2n) is 5.14. The maximum absolute atomic E-state index is 11.8. The topological polar surface area (TPSA) is 41.1 Å². The minimum absolute atomic E-state index is 0.0984. The molecule has 90 valence electrons. The molecule has 0 aromatic heterocycles. The summed E-state index contributed by atoms with van der Waals surface area (Å²) in [5.41, 5.74) is 0.423. The molecule has 0 aromatic carbocycles. The van der Waals surface area contributed by atoms with Crippen molar-refractivity contribution >= 4 is 5.91 Å². The molecular weight excluding hydrogens is 200 g/mol. The van der Waals surface area contributed by atoms with Crippen LogP contribution in [0, 0.1) is 5.41 Å². The first kappa shape index (κ1) is 11.6. The van der Waals surface area contributed by atoms with E-state index in [0.717, 1.165) is 13.1 Å². The van der Waals surface area contributed by atoms with Crippen molar-refractivity contribution in [3.8, 4) is 0 Å². The molecule has 0 spiro atoms. The van der Waals surface area contributed by atoms with Crippen molar-refractivity contribution in [3.63, 3.8) is 0 Å². The standard InChI is InChI=1S/C13H22N2O/c1-2-6-13(7-4-8-13)10-15-12(16)11-5-3-9-14-11/h3,5,11,14H,2,4,6-10H2,1H3,(H,15,16). The van der Waals surface area contributed by atoms with Crippen molar-refractivity contribution in [3.05, 3.63) is 12.2 Å². The van der Waals surface area contributed by atoms with Crippen LogP contribution in [0.15, 0.2) is 12.2 Å². The maximum atomic E-state index is 11.8. The van der Waals surface area contributed by atoms with E-state index in [9.17, 15) is 4.79 Å². The summed E-state index contributed by atoms with van der Waals surface area (Å²) in [7, 11) is 0. The van der Waals surface area contributed by atoms with Crippen molar-refractivity contribution in [1.82, 2.24) is 10.6 Å². The molecule has 3 nitrogen and oxygen atoms in total. The van der Waals surface area contributed by atoms with E-state index in [1.54, 1.807) is 0 Å². The Hall–Kier alpha value is -0.830. The average Bonchev–Trinajstić information content (AvgIpc) is 2.74. The lowest BCUT2D eigenvalue weighted by Crippen LogP contribution is -2.47. The Kier molecular flexibility index (Phi) is 3.64. The molecule has 0 saturated heterocycles. The van der Waals surface area contributed by atoms with Gasteiger partial charge in [0.2, 0.25) is 5.91 Å². The zero-order valence-electron chi connectivity index (χ0n) is 10.1. The Bertz CT molecular complexity index is 282. The van der Waals surface area contributed by atoms with E-state index in [1.165, 1.54) is 32.1 Å². The molecule has 2 aliphatic rings. The van der Waals surface area contributed by atoms with Gasteiger partial charge in [0.05, 0.1) is 0 Å². The highest BCUT2D eigenvalue weighted by Crippen LogP contribution is 2.44. The third-order valence-electron chi connectivity index (χ3n) is 3.90. The predicted octanol–water partition coefficient (Wildman–Crippen LogP) is 1.60. The number of carbonyl (C=O) groups is 1. The second kappa shape index (κ2) is 5.00. The highest BCUT2D eigenvalue weighted by Gasteiger charge is 2.36. The fourth-order valence-corrected chi connectivity index (χ4v) is 2.75. The first-order valence-corrected chi connectivity index (χ1v) is 6.43. The largest absolute Gasteiger partial charge is 0.354 e. The van der Waals surface area contributed by atoms with E-state index in [1.807, 2.05) is 12.2 Å². The molecule has 16 heavy (non-hydrogen) atoms. The van der Waals surface area contributed by atoms with Gasteiger partial charge in [0.15, 0.2) is 0 Å². The van der Waals surface area contributed by atoms with Gasteiger partial charge in [-0.25, -0.2) is 0 Å². The van der Waals surface area contributed by atoms with Crippen LogP contribution in [-0.4, -0.2) is 25.0 Å². The molecule has 1 aliphatic heterocycles. The molecule has 2 rings (SSSR count). The third-order valence-corrected chi connectivity index (χ3v) is 3.90. The highest BCUT2D eigenvalue weighted by molar-refractivity contribution is 5.84. The Morgan fingerprint density at radius 1 is 1.56 bits per heavy atom. The van der Waals surface area contributed by atoms with Gasteiger partial charge < -0.3 is 5.32 Å². The summed E-state index contributed by atoms with van der Waals surface area (Å²) < 4.78 is 0. The molecule has 1 unspecified atom stereocenters. The Labute approximate surface area is 97.7 Å². The lowest BCUT2D eigenvalue weighted by Gasteiger charge is -2.42. The van der Waals surface area contributed by atoms with Crippen LogP contribution >= 0.6 is 0 Å². The molecule has 0 bridgehead atoms. The van der Waals surface area contributed by atoms with Crippen LogP contribution in [0.4, 0.5) is 0 Å². The average molecular weight is 222 g/mol. The van der Waals surface area contributed by atoms with Gasteiger partial charge >= 0.3 is 0 Å². The van der Waals surface area contributed by atoms with Crippen molar-refractivity contribution < 1.29 is 4.79 Å². The van der Waals surface area contributed by atoms with Crippen LogP contribution in [0.5, 0.6) is 0 Å². The fraction of sp³-hybridized carbons (Fsp3) is 0.769.